The first-order valence-electron chi connectivity index (χ1n) is 2.05. The fourth-order valence-corrected chi connectivity index (χ4v) is 0.586. The van der Waals surface area contributed by atoms with Crippen molar-refractivity contribution in [2.75, 3.05) is 0 Å². The van der Waals surface area contributed by atoms with Gasteiger partial charge in [-0.25, -0.2) is 0 Å². The molecule has 0 aromatic heterocycles. The van der Waals surface area contributed by atoms with Crippen molar-refractivity contribution in [1.29, 1.82) is 0 Å². The highest BCUT2D eigenvalue weighted by Gasteiger charge is 2.51. The van der Waals surface area contributed by atoms with Crippen LogP contribution in [0.2, 0.25) is 0 Å². The normalized spacial score (nSPS) is 22.0. The molecule has 10 heavy (non-hydrogen) atoms. The lowest BCUT2D eigenvalue weighted by atomic mass is 10.6. The Hall–Kier alpha value is 0.360. The summed E-state index contributed by atoms with van der Waals surface area (Å²) in [7, 11) is 0. The first-order chi connectivity index (χ1) is 4.46. The second-order valence-electron chi connectivity index (χ2n) is 1.46. The van der Waals surface area contributed by atoms with E-state index in [1.54, 1.807) is 0 Å². The van der Waals surface area contributed by atoms with Crippen molar-refractivity contribution >= 4 is 46.4 Å². The van der Waals surface area contributed by atoms with Crippen LogP contribution in [0.5, 0.6) is 0 Å². The first kappa shape index (κ1) is 8.46. The maximum Gasteiger partial charge on any atom is 0.314 e. The van der Waals surface area contributed by atoms with E-state index in [1.807, 2.05) is 0 Å². The van der Waals surface area contributed by atoms with Crippen molar-refractivity contribution in [3.05, 3.63) is 0 Å². The summed E-state index contributed by atoms with van der Waals surface area (Å²) in [6.45, 7) is 0. The van der Waals surface area contributed by atoms with Gasteiger partial charge in [0.1, 0.15) is 0 Å². The van der Waals surface area contributed by atoms with Gasteiger partial charge in [0.2, 0.25) is 0 Å². The second-order valence-corrected chi connectivity index (χ2v) is 4.27. The van der Waals surface area contributed by atoms with Crippen molar-refractivity contribution in [3.63, 3.8) is 0 Å². The van der Waals surface area contributed by atoms with Gasteiger partial charge < -0.3 is 0 Å². The molecule has 0 saturated heterocycles. The van der Waals surface area contributed by atoms with Gasteiger partial charge in [0.25, 0.3) is 3.79 Å². The zero-order valence-corrected chi connectivity index (χ0v) is 7.32. The summed E-state index contributed by atoms with van der Waals surface area (Å²) in [5.41, 5.74) is 0. The standard InChI is InChI=1S/C2Cl4N4/c3-1(4,5)2(6)7-9-10-8-2. The van der Waals surface area contributed by atoms with Gasteiger partial charge in [0.05, 0.1) is 0 Å². The van der Waals surface area contributed by atoms with Crippen molar-refractivity contribution in [3.8, 4) is 0 Å². The zero-order valence-electron chi connectivity index (χ0n) is 4.30. The van der Waals surface area contributed by atoms with E-state index >= 15 is 0 Å². The largest absolute Gasteiger partial charge is 0.314 e. The van der Waals surface area contributed by atoms with E-state index in [9.17, 15) is 0 Å². The highest BCUT2D eigenvalue weighted by atomic mass is 35.6. The van der Waals surface area contributed by atoms with Gasteiger partial charge in [-0.1, -0.05) is 46.4 Å². The Morgan fingerprint density at radius 2 is 1.40 bits per heavy atom. The lowest BCUT2D eigenvalue weighted by Gasteiger charge is -2.18. The van der Waals surface area contributed by atoms with Gasteiger partial charge in [-0.3, -0.25) is 0 Å². The van der Waals surface area contributed by atoms with Crippen molar-refractivity contribution in [2.24, 2.45) is 20.7 Å². The van der Waals surface area contributed by atoms with E-state index in [1.165, 1.54) is 0 Å². The fourth-order valence-electron chi connectivity index (χ4n) is 0.292. The molecule has 0 radical (unpaired) electrons. The van der Waals surface area contributed by atoms with E-state index < -0.39 is 8.91 Å². The maximum absolute atomic E-state index is 5.53. The zero-order chi connectivity index (χ0) is 7.83. The van der Waals surface area contributed by atoms with E-state index in [0.717, 1.165) is 0 Å². The van der Waals surface area contributed by atoms with E-state index in [4.69, 9.17) is 46.4 Å². The van der Waals surface area contributed by atoms with Gasteiger partial charge in [-0.15, -0.1) is 10.2 Å². The summed E-state index contributed by atoms with van der Waals surface area (Å²) in [6.07, 6.45) is 0. The first-order valence-corrected chi connectivity index (χ1v) is 3.57. The third-order valence-corrected chi connectivity index (χ3v) is 2.27. The number of rotatable bonds is 0. The van der Waals surface area contributed by atoms with E-state index in [-0.39, 0.29) is 0 Å². The van der Waals surface area contributed by atoms with E-state index in [0.29, 0.717) is 0 Å². The Labute approximate surface area is 76.2 Å². The molecular weight excluding hydrogens is 222 g/mol. The highest BCUT2D eigenvalue weighted by Crippen LogP contribution is 2.46. The third kappa shape index (κ3) is 1.34. The molecule has 0 N–H and O–H groups in total. The predicted molar refractivity (Wildman–Crippen MR) is 38.6 cm³/mol. The Kier molecular flexibility index (Phi) is 2.07. The van der Waals surface area contributed by atoms with Crippen LogP contribution in [0, 0.1) is 0 Å². The van der Waals surface area contributed by atoms with Crippen LogP contribution in [0.1, 0.15) is 0 Å². The van der Waals surface area contributed by atoms with Crippen molar-refractivity contribution in [2.45, 2.75) is 8.91 Å². The molecule has 1 aliphatic heterocycles. The van der Waals surface area contributed by atoms with Crippen LogP contribution in [-0.4, -0.2) is 8.91 Å². The second kappa shape index (κ2) is 2.44. The molecule has 0 atom stereocenters. The average molecular weight is 222 g/mol. The summed E-state index contributed by atoms with van der Waals surface area (Å²) in [4.78, 5) is 0. The predicted octanol–water partition coefficient (Wildman–Crippen LogP) is 3.08. The minimum Gasteiger partial charge on any atom is -0.113 e. The molecular formula is C2Cl4N4. The van der Waals surface area contributed by atoms with Crippen LogP contribution in [0.4, 0.5) is 0 Å². The molecule has 8 heteroatoms. The van der Waals surface area contributed by atoms with Crippen molar-refractivity contribution in [1.82, 2.24) is 0 Å². The molecule has 0 aromatic carbocycles. The average Bonchev–Trinajstić information content (AvgIpc) is 2.13. The summed E-state index contributed by atoms with van der Waals surface area (Å²) in [5, 5.41) is 11.1. The summed E-state index contributed by atoms with van der Waals surface area (Å²) < 4.78 is -1.82. The van der Waals surface area contributed by atoms with Crippen LogP contribution in [0.25, 0.3) is 0 Å². The molecule has 1 heterocycles. The van der Waals surface area contributed by atoms with E-state index in [2.05, 4.69) is 20.7 Å². The summed E-state index contributed by atoms with van der Waals surface area (Å²) in [5.74, 6) is 0. The number of alkyl halides is 4. The highest BCUT2D eigenvalue weighted by molar-refractivity contribution is 6.70. The van der Waals surface area contributed by atoms with Gasteiger partial charge in [-0.2, -0.15) is 0 Å². The third-order valence-electron chi connectivity index (χ3n) is 0.755. The number of halogens is 4. The molecule has 4 nitrogen and oxygen atoms in total. The molecule has 1 rings (SSSR count). The number of hydrogen-bond acceptors (Lipinski definition) is 4. The summed E-state index contributed by atoms with van der Waals surface area (Å²) in [6, 6.07) is 0. The molecule has 0 unspecified atom stereocenters. The van der Waals surface area contributed by atoms with Crippen LogP contribution in [0.3, 0.4) is 0 Å². The molecule has 0 amide bonds. The Balaban J connectivity index is 2.90. The van der Waals surface area contributed by atoms with Crippen LogP contribution >= 0.6 is 46.4 Å². The molecule has 0 aliphatic carbocycles. The molecule has 0 saturated carbocycles. The van der Waals surface area contributed by atoms with Crippen molar-refractivity contribution < 1.29 is 0 Å². The van der Waals surface area contributed by atoms with Gasteiger partial charge >= 0.3 is 5.12 Å². The summed E-state index contributed by atoms with van der Waals surface area (Å²) >= 11 is 21.6. The lowest BCUT2D eigenvalue weighted by Crippen LogP contribution is -2.30. The SMILES string of the molecule is ClC(Cl)(Cl)C1(Cl)N=NN=N1. The Morgan fingerprint density at radius 3 is 1.60 bits per heavy atom. The molecule has 1 aliphatic rings. The van der Waals surface area contributed by atoms with Gasteiger partial charge in [0, 0.05) is 0 Å². The minimum absolute atomic E-state index is 1.68. The molecule has 0 aromatic rings. The topological polar surface area (TPSA) is 49.4 Å². The number of nitrogens with zero attached hydrogens (tertiary/aromatic N) is 4. The Bertz CT molecular complexity index is 180. The fraction of sp³-hybridized carbons (Fsp3) is 1.00. The van der Waals surface area contributed by atoms with Crippen LogP contribution in [0.15, 0.2) is 20.7 Å². The molecule has 56 valence electrons. The molecule has 0 fully saturated rings. The Morgan fingerprint density at radius 1 is 1.00 bits per heavy atom. The smallest absolute Gasteiger partial charge is 0.113 e. The lowest BCUT2D eigenvalue weighted by molar-refractivity contribution is 0.640. The monoisotopic (exact) mass is 220 g/mol. The van der Waals surface area contributed by atoms with Crippen LogP contribution in [-0.2, 0) is 0 Å². The minimum atomic E-state index is -1.82. The van der Waals surface area contributed by atoms with Gasteiger partial charge in [0.15, 0.2) is 0 Å². The van der Waals surface area contributed by atoms with Crippen LogP contribution < -0.4 is 0 Å². The van der Waals surface area contributed by atoms with Gasteiger partial charge in [-0.05, 0) is 10.4 Å². The quantitative estimate of drug-likeness (QED) is 0.446. The molecule has 0 spiro atoms. The molecule has 0 bridgehead atoms. The number of hydrogen-bond donors (Lipinski definition) is 0. The maximum atomic E-state index is 5.53.